The molecule has 0 aliphatic rings. The summed E-state index contributed by atoms with van der Waals surface area (Å²) in [5, 5.41) is 0.896. The Kier molecular flexibility index (Phi) is 3.32. The summed E-state index contributed by atoms with van der Waals surface area (Å²) in [4.78, 5) is 17.3. The number of thiophene rings is 1. The van der Waals surface area contributed by atoms with Gasteiger partial charge in [0.1, 0.15) is 5.82 Å². The highest BCUT2D eigenvalue weighted by Crippen LogP contribution is 2.30. The van der Waals surface area contributed by atoms with Crippen molar-refractivity contribution >= 4 is 27.2 Å². The maximum Gasteiger partial charge on any atom is 0.181 e. The molecule has 2 heterocycles. The molecular formula is C16H12FNOS. The largest absolute Gasteiger partial charge is 0.293 e. The van der Waals surface area contributed by atoms with Gasteiger partial charge in [0.05, 0.1) is 16.5 Å². The van der Waals surface area contributed by atoms with E-state index in [4.69, 9.17) is 0 Å². The van der Waals surface area contributed by atoms with Crippen molar-refractivity contribution in [3.63, 3.8) is 0 Å². The van der Waals surface area contributed by atoms with Crippen molar-refractivity contribution in [3.05, 3.63) is 65.0 Å². The first-order valence-electron chi connectivity index (χ1n) is 6.29. The summed E-state index contributed by atoms with van der Waals surface area (Å²) in [5.74, 6) is -0.560. The van der Waals surface area contributed by atoms with E-state index in [1.54, 1.807) is 12.3 Å². The van der Waals surface area contributed by atoms with Gasteiger partial charge < -0.3 is 0 Å². The van der Waals surface area contributed by atoms with E-state index in [1.165, 1.54) is 23.5 Å². The van der Waals surface area contributed by atoms with Gasteiger partial charge in [-0.2, -0.15) is 0 Å². The second-order valence-corrected chi connectivity index (χ2v) is 5.72. The van der Waals surface area contributed by atoms with Crippen LogP contribution in [0, 0.1) is 5.82 Å². The molecule has 2 aromatic heterocycles. The number of halogens is 1. The van der Waals surface area contributed by atoms with Gasteiger partial charge in [0.15, 0.2) is 5.78 Å². The lowest BCUT2D eigenvalue weighted by atomic mass is 10.0. The van der Waals surface area contributed by atoms with Crippen molar-refractivity contribution in [1.82, 2.24) is 4.98 Å². The molecule has 1 unspecified atom stereocenters. The highest BCUT2D eigenvalue weighted by Gasteiger charge is 2.20. The highest BCUT2D eigenvalue weighted by atomic mass is 32.1. The highest BCUT2D eigenvalue weighted by molar-refractivity contribution is 7.20. The Labute approximate surface area is 119 Å². The van der Waals surface area contributed by atoms with Gasteiger partial charge in [-0.3, -0.25) is 9.78 Å². The minimum atomic E-state index is -0.297. The number of nitrogens with zero attached hydrogens (tertiary/aromatic N) is 1. The number of aromatic nitrogens is 1. The van der Waals surface area contributed by atoms with Gasteiger partial charge in [-0.15, -0.1) is 11.3 Å². The fourth-order valence-corrected chi connectivity index (χ4v) is 3.22. The quantitative estimate of drug-likeness (QED) is 0.667. The van der Waals surface area contributed by atoms with Crippen LogP contribution in [0.3, 0.4) is 0 Å². The van der Waals surface area contributed by atoms with Crippen LogP contribution in [0.25, 0.3) is 10.1 Å². The summed E-state index contributed by atoms with van der Waals surface area (Å²) in [6, 6.07) is 11.9. The third-order valence-corrected chi connectivity index (χ3v) is 4.36. The Morgan fingerprint density at radius 2 is 2.10 bits per heavy atom. The number of fused-ring (bicyclic) bond motifs is 1. The zero-order chi connectivity index (χ0) is 14.1. The van der Waals surface area contributed by atoms with Crippen molar-refractivity contribution in [2.24, 2.45) is 0 Å². The van der Waals surface area contributed by atoms with Crippen LogP contribution in [0.2, 0.25) is 0 Å². The van der Waals surface area contributed by atoms with Gasteiger partial charge in [0.25, 0.3) is 0 Å². The summed E-state index contributed by atoms with van der Waals surface area (Å²) in [6.45, 7) is 1.84. The molecule has 0 aliphatic carbocycles. The van der Waals surface area contributed by atoms with Gasteiger partial charge in [0, 0.05) is 10.9 Å². The van der Waals surface area contributed by atoms with Crippen LogP contribution in [0.15, 0.2) is 48.7 Å². The molecule has 0 aliphatic heterocycles. The number of rotatable bonds is 3. The molecule has 0 fully saturated rings. The molecule has 0 bridgehead atoms. The molecule has 3 rings (SSSR count). The molecule has 0 saturated heterocycles. The molecule has 0 radical (unpaired) electrons. The second kappa shape index (κ2) is 5.13. The number of carbonyl (C=O) groups is 1. The number of ketones is 1. The van der Waals surface area contributed by atoms with Crippen molar-refractivity contribution in [1.29, 1.82) is 0 Å². The minimum absolute atomic E-state index is 0.0188. The monoisotopic (exact) mass is 285 g/mol. The molecule has 1 aromatic carbocycles. The molecule has 3 aromatic rings. The first-order valence-corrected chi connectivity index (χ1v) is 7.11. The predicted octanol–water partition coefficient (Wildman–Crippen LogP) is 4.42. The molecule has 100 valence electrons. The number of carbonyl (C=O) groups excluding carboxylic acids is 1. The average molecular weight is 285 g/mol. The van der Waals surface area contributed by atoms with Crippen LogP contribution in [-0.2, 0) is 0 Å². The molecule has 4 heteroatoms. The Hall–Kier alpha value is -2.07. The van der Waals surface area contributed by atoms with Crippen molar-refractivity contribution in [2.45, 2.75) is 12.8 Å². The first-order chi connectivity index (χ1) is 9.65. The van der Waals surface area contributed by atoms with Gasteiger partial charge in [-0.05, 0) is 42.6 Å². The van der Waals surface area contributed by atoms with E-state index in [1.807, 2.05) is 31.2 Å². The van der Waals surface area contributed by atoms with Crippen molar-refractivity contribution < 1.29 is 9.18 Å². The van der Waals surface area contributed by atoms with Crippen molar-refractivity contribution in [3.8, 4) is 0 Å². The second-order valence-electron chi connectivity index (χ2n) is 4.63. The first kappa shape index (κ1) is 12.9. The third-order valence-electron chi connectivity index (χ3n) is 3.25. The normalized spacial score (nSPS) is 12.5. The number of hydrogen-bond acceptors (Lipinski definition) is 3. The number of benzene rings is 1. The van der Waals surface area contributed by atoms with Crippen LogP contribution in [0.1, 0.15) is 28.2 Å². The molecule has 20 heavy (non-hydrogen) atoms. The van der Waals surface area contributed by atoms with E-state index < -0.39 is 0 Å². The van der Waals surface area contributed by atoms with E-state index in [0.29, 0.717) is 4.88 Å². The fraction of sp³-hybridized carbons (Fsp3) is 0.125. The lowest BCUT2D eigenvalue weighted by molar-refractivity contribution is 0.0968. The molecule has 0 amide bonds. The standard InChI is InChI=1S/C16H12FNOS/c1-10(13-4-2-3-7-18-13)16(19)15-8-11-5-6-12(17)9-14(11)20-15/h2-10H,1H3. The molecule has 0 N–H and O–H groups in total. The lowest BCUT2D eigenvalue weighted by Gasteiger charge is -2.07. The number of hydrogen-bond donors (Lipinski definition) is 0. The minimum Gasteiger partial charge on any atom is -0.293 e. The Morgan fingerprint density at radius 3 is 2.85 bits per heavy atom. The Morgan fingerprint density at radius 1 is 1.25 bits per heavy atom. The van der Waals surface area contributed by atoms with Crippen LogP contribution in [0.4, 0.5) is 4.39 Å². The smallest absolute Gasteiger partial charge is 0.181 e. The predicted molar refractivity (Wildman–Crippen MR) is 78.8 cm³/mol. The molecular weight excluding hydrogens is 273 g/mol. The summed E-state index contributed by atoms with van der Waals surface area (Å²) in [5.41, 5.74) is 0.751. The van der Waals surface area contributed by atoms with E-state index >= 15 is 0 Å². The zero-order valence-electron chi connectivity index (χ0n) is 10.8. The Bertz CT molecular complexity index is 767. The lowest BCUT2D eigenvalue weighted by Crippen LogP contribution is -2.09. The summed E-state index contributed by atoms with van der Waals surface area (Å²) < 4.78 is 14.0. The van der Waals surface area contributed by atoms with Gasteiger partial charge in [-0.25, -0.2) is 4.39 Å². The number of Topliss-reactive ketones (excluding diaryl/α,β-unsaturated/α-hetero) is 1. The molecule has 0 saturated carbocycles. The Balaban J connectivity index is 1.96. The van der Waals surface area contributed by atoms with Crippen LogP contribution >= 0.6 is 11.3 Å². The fourth-order valence-electron chi connectivity index (χ4n) is 2.11. The van der Waals surface area contributed by atoms with Gasteiger partial charge in [0.2, 0.25) is 0 Å². The van der Waals surface area contributed by atoms with Crippen LogP contribution in [-0.4, -0.2) is 10.8 Å². The van der Waals surface area contributed by atoms with E-state index in [0.717, 1.165) is 15.8 Å². The molecule has 2 nitrogen and oxygen atoms in total. The van der Waals surface area contributed by atoms with Gasteiger partial charge in [-0.1, -0.05) is 12.1 Å². The summed E-state index contributed by atoms with van der Waals surface area (Å²) >= 11 is 1.33. The van der Waals surface area contributed by atoms with Crippen molar-refractivity contribution in [2.75, 3.05) is 0 Å². The third kappa shape index (κ3) is 2.34. The van der Waals surface area contributed by atoms with Crippen LogP contribution < -0.4 is 0 Å². The summed E-state index contributed by atoms with van der Waals surface area (Å²) in [7, 11) is 0. The zero-order valence-corrected chi connectivity index (χ0v) is 11.7. The summed E-state index contributed by atoms with van der Waals surface area (Å²) in [6.07, 6.45) is 1.68. The van der Waals surface area contributed by atoms with E-state index in [2.05, 4.69) is 4.98 Å². The SMILES string of the molecule is CC(C(=O)c1cc2ccc(F)cc2s1)c1ccccn1. The number of pyridine rings is 1. The van der Waals surface area contributed by atoms with E-state index in [-0.39, 0.29) is 17.5 Å². The van der Waals surface area contributed by atoms with Gasteiger partial charge >= 0.3 is 0 Å². The molecule has 0 spiro atoms. The van der Waals surface area contributed by atoms with E-state index in [9.17, 15) is 9.18 Å². The molecule has 1 atom stereocenters. The van der Waals surface area contributed by atoms with Crippen LogP contribution in [0.5, 0.6) is 0 Å². The maximum atomic E-state index is 13.2. The topological polar surface area (TPSA) is 30.0 Å². The maximum absolute atomic E-state index is 13.2. The average Bonchev–Trinajstić information content (AvgIpc) is 2.89.